The van der Waals surface area contributed by atoms with Crippen LogP contribution in [-0.4, -0.2) is 79.0 Å². The highest BCUT2D eigenvalue weighted by atomic mass is 16.5. The van der Waals surface area contributed by atoms with E-state index in [0.29, 0.717) is 30.4 Å². The van der Waals surface area contributed by atoms with E-state index < -0.39 is 0 Å². The lowest BCUT2D eigenvalue weighted by atomic mass is 10.1. The van der Waals surface area contributed by atoms with Gasteiger partial charge in [-0.15, -0.1) is 0 Å². The summed E-state index contributed by atoms with van der Waals surface area (Å²) >= 11 is 0. The second-order valence-electron chi connectivity index (χ2n) is 9.55. The van der Waals surface area contributed by atoms with Crippen molar-refractivity contribution in [3.8, 4) is 11.3 Å². The number of carbonyl (C=O) groups excluding carboxylic acids is 1. The van der Waals surface area contributed by atoms with E-state index in [0.717, 1.165) is 54.9 Å². The molecule has 2 bridgehead atoms. The first-order valence-corrected chi connectivity index (χ1v) is 12.3. The number of morpholine rings is 2. The fraction of sp³-hybridized carbons (Fsp3) is 0.462. The molecule has 3 atom stereocenters. The summed E-state index contributed by atoms with van der Waals surface area (Å²) in [4.78, 5) is 31.7. The number of fused-ring (bicyclic) bond motifs is 3. The van der Waals surface area contributed by atoms with Crippen molar-refractivity contribution < 1.29 is 14.3 Å². The summed E-state index contributed by atoms with van der Waals surface area (Å²) in [5, 5.41) is 3.60. The third kappa shape index (κ3) is 4.19. The molecule has 5 heterocycles. The Hall–Kier alpha value is -3.30. The van der Waals surface area contributed by atoms with E-state index in [1.165, 1.54) is 0 Å². The van der Waals surface area contributed by atoms with E-state index in [4.69, 9.17) is 24.4 Å². The van der Waals surface area contributed by atoms with Crippen LogP contribution < -0.4 is 15.1 Å². The Balaban J connectivity index is 1.45. The number of hydrogen-bond donors (Lipinski definition) is 1. The summed E-state index contributed by atoms with van der Waals surface area (Å²) in [7, 11) is 1.63. The zero-order valence-electron chi connectivity index (χ0n) is 20.1. The molecule has 6 rings (SSSR count). The number of hydrogen-bond acceptors (Lipinski definition) is 8. The molecule has 1 aromatic carbocycles. The molecule has 182 valence electrons. The number of ether oxygens (including phenoxy) is 2. The van der Waals surface area contributed by atoms with Crippen LogP contribution in [0.1, 0.15) is 30.1 Å². The molecule has 3 saturated heterocycles. The van der Waals surface area contributed by atoms with Crippen LogP contribution in [0, 0.1) is 0 Å². The quantitative estimate of drug-likeness (QED) is 0.617. The molecule has 0 spiro atoms. The van der Waals surface area contributed by atoms with Gasteiger partial charge in [-0.3, -0.25) is 4.79 Å². The molecular weight excluding hydrogens is 444 g/mol. The van der Waals surface area contributed by atoms with E-state index in [-0.39, 0.29) is 24.2 Å². The lowest BCUT2D eigenvalue weighted by molar-refractivity contribution is 0.0299. The van der Waals surface area contributed by atoms with Gasteiger partial charge in [-0.1, -0.05) is 12.1 Å². The maximum atomic E-state index is 12.2. The minimum atomic E-state index is -0.122. The highest BCUT2D eigenvalue weighted by molar-refractivity contribution is 5.95. The SMILES string of the molecule is CNC(=O)c1cccc(-c2ccc3c(N4CCOC[C@@H]4C)nc(N4C[C@H]5CC[C@@H](C4)O5)nc3n2)c1. The van der Waals surface area contributed by atoms with Crippen molar-refractivity contribution >= 4 is 28.7 Å². The van der Waals surface area contributed by atoms with Crippen LogP contribution in [0.3, 0.4) is 0 Å². The predicted molar refractivity (Wildman–Crippen MR) is 134 cm³/mol. The normalized spacial score (nSPS) is 24.1. The van der Waals surface area contributed by atoms with E-state index in [2.05, 4.69) is 28.1 Å². The molecule has 35 heavy (non-hydrogen) atoms. The van der Waals surface area contributed by atoms with Crippen molar-refractivity contribution in [1.29, 1.82) is 0 Å². The number of aromatic nitrogens is 3. The van der Waals surface area contributed by atoms with E-state index >= 15 is 0 Å². The molecule has 0 aliphatic carbocycles. The summed E-state index contributed by atoms with van der Waals surface area (Å²) < 4.78 is 11.7. The zero-order chi connectivity index (χ0) is 23.9. The van der Waals surface area contributed by atoms with Gasteiger partial charge >= 0.3 is 0 Å². The van der Waals surface area contributed by atoms with E-state index in [9.17, 15) is 4.79 Å². The van der Waals surface area contributed by atoms with Gasteiger partial charge in [0.1, 0.15) is 5.82 Å². The maximum Gasteiger partial charge on any atom is 0.251 e. The number of anilines is 2. The van der Waals surface area contributed by atoms with Crippen molar-refractivity contribution in [2.24, 2.45) is 0 Å². The van der Waals surface area contributed by atoms with Gasteiger partial charge in [0.25, 0.3) is 5.91 Å². The van der Waals surface area contributed by atoms with Crippen LogP contribution in [0.15, 0.2) is 36.4 Å². The van der Waals surface area contributed by atoms with Crippen molar-refractivity contribution in [1.82, 2.24) is 20.3 Å². The highest BCUT2D eigenvalue weighted by Gasteiger charge is 2.35. The van der Waals surface area contributed by atoms with Gasteiger partial charge in [0.15, 0.2) is 5.65 Å². The molecule has 3 aliphatic heterocycles. The van der Waals surface area contributed by atoms with Crippen LogP contribution in [-0.2, 0) is 9.47 Å². The largest absolute Gasteiger partial charge is 0.377 e. The Morgan fingerprint density at radius 1 is 1.09 bits per heavy atom. The van der Waals surface area contributed by atoms with Gasteiger partial charge in [0.2, 0.25) is 5.95 Å². The minimum Gasteiger partial charge on any atom is -0.377 e. The van der Waals surface area contributed by atoms with Crippen LogP contribution in [0.5, 0.6) is 0 Å². The first-order chi connectivity index (χ1) is 17.1. The molecule has 1 amide bonds. The average molecular weight is 475 g/mol. The van der Waals surface area contributed by atoms with Crippen molar-refractivity contribution in [2.45, 2.75) is 38.0 Å². The van der Waals surface area contributed by atoms with Crippen LogP contribution >= 0.6 is 0 Å². The van der Waals surface area contributed by atoms with Crippen molar-refractivity contribution in [2.75, 3.05) is 49.7 Å². The molecule has 9 heteroatoms. The Bertz CT molecular complexity index is 1260. The maximum absolute atomic E-state index is 12.2. The average Bonchev–Trinajstić information content (AvgIpc) is 3.24. The molecule has 3 aliphatic rings. The summed E-state index contributed by atoms with van der Waals surface area (Å²) in [5.74, 6) is 1.48. The number of pyridine rings is 1. The third-order valence-electron chi connectivity index (χ3n) is 7.14. The van der Waals surface area contributed by atoms with Crippen molar-refractivity contribution in [3.63, 3.8) is 0 Å². The Kier molecular flexibility index (Phi) is 5.74. The molecule has 3 fully saturated rings. The van der Waals surface area contributed by atoms with Gasteiger partial charge in [0.05, 0.1) is 42.5 Å². The lowest BCUT2D eigenvalue weighted by Crippen LogP contribution is -2.45. The Morgan fingerprint density at radius 3 is 2.69 bits per heavy atom. The standard InChI is InChI=1S/C26H30N6O3/c1-16-15-34-11-10-32(16)24-21-8-9-22(17-4-3-5-18(12-17)25(33)27-2)28-23(21)29-26(30-24)31-13-19-6-7-20(14-31)35-19/h3-5,8-9,12,16,19-20H,6-7,10-11,13-15H2,1-2H3,(H,27,33)/t16-,19-,20+/m0/s1. The third-order valence-corrected chi connectivity index (χ3v) is 7.14. The fourth-order valence-corrected chi connectivity index (χ4v) is 5.29. The molecular formula is C26H30N6O3. The molecule has 1 N–H and O–H groups in total. The Labute approximate surface area is 204 Å². The smallest absolute Gasteiger partial charge is 0.251 e. The predicted octanol–water partition coefficient (Wildman–Crippen LogP) is 2.64. The second-order valence-corrected chi connectivity index (χ2v) is 9.55. The fourth-order valence-electron chi connectivity index (χ4n) is 5.29. The monoisotopic (exact) mass is 474 g/mol. The van der Waals surface area contributed by atoms with Gasteiger partial charge in [-0.05, 0) is 44.0 Å². The van der Waals surface area contributed by atoms with Gasteiger partial charge in [-0.2, -0.15) is 9.97 Å². The molecule has 0 saturated carbocycles. The minimum absolute atomic E-state index is 0.122. The van der Waals surface area contributed by atoms with Gasteiger partial charge in [0, 0.05) is 37.8 Å². The number of nitrogens with one attached hydrogen (secondary N) is 1. The topological polar surface area (TPSA) is 92.7 Å². The molecule has 3 aromatic rings. The number of amides is 1. The summed E-state index contributed by atoms with van der Waals surface area (Å²) in [6, 6.07) is 11.7. The zero-order valence-corrected chi connectivity index (χ0v) is 20.1. The molecule has 0 unspecified atom stereocenters. The number of benzene rings is 1. The number of carbonyl (C=O) groups is 1. The van der Waals surface area contributed by atoms with E-state index in [1.54, 1.807) is 13.1 Å². The van der Waals surface area contributed by atoms with Crippen LogP contribution in [0.25, 0.3) is 22.3 Å². The lowest BCUT2D eigenvalue weighted by Gasteiger charge is -2.36. The van der Waals surface area contributed by atoms with Crippen LogP contribution in [0.2, 0.25) is 0 Å². The first kappa shape index (κ1) is 22.2. The van der Waals surface area contributed by atoms with Gasteiger partial charge in [-0.25, -0.2) is 4.98 Å². The number of nitrogens with zero attached hydrogens (tertiary/aromatic N) is 5. The molecule has 9 nitrogen and oxygen atoms in total. The van der Waals surface area contributed by atoms with E-state index in [1.807, 2.05) is 24.3 Å². The molecule has 0 radical (unpaired) electrons. The summed E-state index contributed by atoms with van der Waals surface area (Å²) in [6.07, 6.45) is 2.66. The van der Waals surface area contributed by atoms with Crippen molar-refractivity contribution in [3.05, 3.63) is 42.0 Å². The number of rotatable bonds is 4. The Morgan fingerprint density at radius 2 is 1.91 bits per heavy atom. The second kappa shape index (κ2) is 9.05. The first-order valence-electron chi connectivity index (χ1n) is 12.3. The molecule has 2 aromatic heterocycles. The summed E-state index contributed by atoms with van der Waals surface area (Å²) in [6.45, 7) is 5.87. The van der Waals surface area contributed by atoms with Gasteiger partial charge < -0.3 is 24.6 Å². The summed E-state index contributed by atoms with van der Waals surface area (Å²) in [5.41, 5.74) is 2.90. The highest BCUT2D eigenvalue weighted by Crippen LogP contribution is 2.33. The van der Waals surface area contributed by atoms with Crippen LogP contribution in [0.4, 0.5) is 11.8 Å².